The van der Waals surface area contributed by atoms with Gasteiger partial charge < -0.3 is 5.11 Å². The molecule has 0 aromatic rings. The van der Waals surface area contributed by atoms with Crippen LogP contribution in [-0.4, -0.2) is 22.8 Å². The maximum absolute atomic E-state index is 12.2. The Morgan fingerprint density at radius 1 is 1.08 bits per heavy atom. The Bertz CT molecular complexity index is 569. The highest BCUT2D eigenvalue weighted by molar-refractivity contribution is 5.80. The van der Waals surface area contributed by atoms with Gasteiger partial charge >= 0.3 is 0 Å². The molecule has 4 aliphatic rings. The van der Waals surface area contributed by atoms with Crippen LogP contribution >= 0.6 is 0 Å². The van der Waals surface area contributed by atoms with E-state index in [0.717, 1.165) is 32.1 Å². The lowest BCUT2D eigenvalue weighted by Gasteiger charge is -2.61. The van der Waals surface area contributed by atoms with Gasteiger partial charge in [-0.2, -0.15) is 0 Å². The second-order valence-corrected chi connectivity index (χ2v) is 9.85. The van der Waals surface area contributed by atoms with Crippen LogP contribution in [0.25, 0.3) is 0 Å². The van der Waals surface area contributed by atoms with Crippen molar-refractivity contribution in [2.75, 3.05) is 0 Å². The molecule has 0 heterocycles. The Kier molecular flexibility index (Phi) is 3.77. The van der Waals surface area contributed by atoms with Gasteiger partial charge in [-0.05, 0) is 80.0 Å². The molecule has 0 spiro atoms. The van der Waals surface area contributed by atoms with Crippen LogP contribution in [0.15, 0.2) is 0 Å². The zero-order valence-electron chi connectivity index (χ0n) is 15.4. The normalized spacial score (nSPS) is 53.9. The van der Waals surface area contributed by atoms with Crippen LogP contribution in [0.1, 0.15) is 72.1 Å². The van der Waals surface area contributed by atoms with Crippen molar-refractivity contribution in [3.8, 4) is 0 Å². The Labute approximate surface area is 145 Å². The number of aliphatic hydroxyl groups is 1. The van der Waals surface area contributed by atoms with Crippen molar-refractivity contribution in [3.63, 3.8) is 0 Å². The number of carbonyl (C=O) groups is 2. The first kappa shape index (κ1) is 16.8. The molecule has 8 atom stereocenters. The Morgan fingerprint density at radius 2 is 1.83 bits per heavy atom. The number of hydrogen-bond donors (Lipinski definition) is 1. The van der Waals surface area contributed by atoms with Gasteiger partial charge in [0, 0.05) is 18.8 Å². The molecule has 0 saturated heterocycles. The van der Waals surface area contributed by atoms with Crippen molar-refractivity contribution in [3.05, 3.63) is 0 Å². The Balaban J connectivity index is 1.70. The number of ketones is 2. The molecule has 24 heavy (non-hydrogen) atoms. The zero-order chi connectivity index (χ0) is 17.3. The van der Waals surface area contributed by atoms with Gasteiger partial charge in [-0.3, -0.25) is 9.59 Å². The van der Waals surface area contributed by atoms with E-state index in [2.05, 4.69) is 13.8 Å². The molecule has 4 rings (SSSR count). The third-order valence-electron chi connectivity index (χ3n) is 8.83. The summed E-state index contributed by atoms with van der Waals surface area (Å²) in [5.41, 5.74) is -0.0540. The average Bonchev–Trinajstić information content (AvgIpc) is 2.82. The fraction of sp³-hybridized carbons (Fsp3) is 0.905. The van der Waals surface area contributed by atoms with Crippen LogP contribution in [0.5, 0.6) is 0 Å². The standard InChI is InChI=1S/C21H32O3/c1-12(22)16-8-9-17-15-7-5-13-4-6-14(23)10-20(13,2)19(15)18(24)11-21(16,17)3/h13,15-19,24H,4-11H2,1-3H3. The van der Waals surface area contributed by atoms with Crippen molar-refractivity contribution < 1.29 is 14.7 Å². The van der Waals surface area contributed by atoms with Crippen molar-refractivity contribution in [1.82, 2.24) is 0 Å². The highest BCUT2D eigenvalue weighted by atomic mass is 16.3. The summed E-state index contributed by atoms with van der Waals surface area (Å²) in [6, 6.07) is 0. The van der Waals surface area contributed by atoms with E-state index < -0.39 is 0 Å². The number of hydrogen-bond acceptors (Lipinski definition) is 3. The number of carbonyl (C=O) groups excluding carboxylic acids is 2. The van der Waals surface area contributed by atoms with E-state index >= 15 is 0 Å². The lowest BCUT2D eigenvalue weighted by molar-refractivity contribution is -0.173. The molecule has 4 saturated carbocycles. The molecule has 0 amide bonds. The number of aliphatic hydroxyl groups excluding tert-OH is 1. The molecule has 8 unspecified atom stereocenters. The van der Waals surface area contributed by atoms with Crippen LogP contribution in [0, 0.1) is 40.4 Å². The van der Waals surface area contributed by atoms with Gasteiger partial charge in [0.2, 0.25) is 0 Å². The van der Waals surface area contributed by atoms with Crippen molar-refractivity contribution in [1.29, 1.82) is 0 Å². The van der Waals surface area contributed by atoms with Crippen LogP contribution in [-0.2, 0) is 9.59 Å². The summed E-state index contributed by atoms with van der Waals surface area (Å²) >= 11 is 0. The fourth-order valence-electron chi connectivity index (χ4n) is 7.93. The Morgan fingerprint density at radius 3 is 2.54 bits per heavy atom. The summed E-state index contributed by atoms with van der Waals surface area (Å²) in [6.07, 6.45) is 7.32. The van der Waals surface area contributed by atoms with Crippen LogP contribution < -0.4 is 0 Å². The SMILES string of the molecule is CC(=O)C1CCC2C3CCC4CCC(=O)CC4(C)C3C(O)CC12C. The van der Waals surface area contributed by atoms with Crippen LogP contribution in [0.2, 0.25) is 0 Å². The first-order chi connectivity index (χ1) is 11.3. The lowest BCUT2D eigenvalue weighted by atomic mass is 9.44. The molecule has 4 aliphatic carbocycles. The third-order valence-corrected chi connectivity index (χ3v) is 8.83. The zero-order valence-corrected chi connectivity index (χ0v) is 15.4. The molecule has 1 N–H and O–H groups in total. The average molecular weight is 332 g/mol. The predicted molar refractivity (Wildman–Crippen MR) is 92.3 cm³/mol. The molecule has 0 aromatic heterocycles. The molecule has 134 valence electrons. The number of Topliss-reactive ketones (excluding diaryl/α,β-unsaturated/α-hetero) is 2. The molecule has 0 radical (unpaired) electrons. The highest BCUT2D eigenvalue weighted by Crippen LogP contribution is 2.67. The monoisotopic (exact) mass is 332 g/mol. The van der Waals surface area contributed by atoms with E-state index in [9.17, 15) is 14.7 Å². The molecule has 3 nitrogen and oxygen atoms in total. The molecular weight excluding hydrogens is 300 g/mol. The second kappa shape index (κ2) is 5.40. The van der Waals surface area contributed by atoms with E-state index in [-0.39, 0.29) is 28.8 Å². The minimum atomic E-state index is -0.352. The molecule has 0 aromatic carbocycles. The summed E-state index contributed by atoms with van der Waals surface area (Å²) in [7, 11) is 0. The van der Waals surface area contributed by atoms with Gasteiger partial charge in [-0.15, -0.1) is 0 Å². The summed E-state index contributed by atoms with van der Waals surface area (Å²) in [5, 5.41) is 11.2. The van der Waals surface area contributed by atoms with E-state index in [1.54, 1.807) is 6.92 Å². The second-order valence-electron chi connectivity index (χ2n) is 9.85. The molecule has 0 aliphatic heterocycles. The van der Waals surface area contributed by atoms with Gasteiger partial charge in [0.05, 0.1) is 6.10 Å². The summed E-state index contributed by atoms with van der Waals surface area (Å²) in [4.78, 5) is 24.4. The first-order valence-electron chi connectivity index (χ1n) is 9.97. The first-order valence-corrected chi connectivity index (χ1v) is 9.97. The van der Waals surface area contributed by atoms with Gasteiger partial charge in [-0.1, -0.05) is 13.8 Å². The van der Waals surface area contributed by atoms with Gasteiger partial charge in [0.1, 0.15) is 11.6 Å². The maximum atomic E-state index is 12.2. The Hall–Kier alpha value is -0.700. The van der Waals surface area contributed by atoms with Crippen LogP contribution in [0.4, 0.5) is 0 Å². The van der Waals surface area contributed by atoms with Crippen LogP contribution in [0.3, 0.4) is 0 Å². The summed E-state index contributed by atoms with van der Waals surface area (Å²) in [6.45, 7) is 6.28. The molecular formula is C21H32O3. The topological polar surface area (TPSA) is 54.4 Å². The summed E-state index contributed by atoms with van der Waals surface area (Å²) < 4.78 is 0. The van der Waals surface area contributed by atoms with Gasteiger partial charge in [0.15, 0.2) is 0 Å². The number of fused-ring (bicyclic) bond motifs is 5. The lowest BCUT2D eigenvalue weighted by Crippen LogP contribution is -2.59. The smallest absolute Gasteiger partial charge is 0.133 e. The molecule has 4 fully saturated rings. The van der Waals surface area contributed by atoms with E-state index in [4.69, 9.17) is 0 Å². The quantitative estimate of drug-likeness (QED) is 0.795. The van der Waals surface area contributed by atoms with Gasteiger partial charge in [-0.25, -0.2) is 0 Å². The third kappa shape index (κ3) is 2.12. The largest absolute Gasteiger partial charge is 0.393 e. The van der Waals surface area contributed by atoms with Crippen molar-refractivity contribution in [2.45, 2.75) is 78.2 Å². The van der Waals surface area contributed by atoms with Crippen molar-refractivity contribution >= 4 is 11.6 Å². The van der Waals surface area contributed by atoms with Crippen molar-refractivity contribution in [2.24, 2.45) is 40.4 Å². The van der Waals surface area contributed by atoms with E-state index in [0.29, 0.717) is 35.7 Å². The number of rotatable bonds is 1. The molecule has 0 bridgehead atoms. The highest BCUT2D eigenvalue weighted by Gasteiger charge is 2.63. The van der Waals surface area contributed by atoms with E-state index in [1.807, 2.05) is 0 Å². The van der Waals surface area contributed by atoms with E-state index in [1.165, 1.54) is 12.8 Å². The minimum absolute atomic E-state index is 0.0205. The minimum Gasteiger partial charge on any atom is -0.393 e. The predicted octanol–water partition coefficient (Wildman–Crippen LogP) is 3.77. The van der Waals surface area contributed by atoms with Gasteiger partial charge in [0.25, 0.3) is 0 Å². The maximum Gasteiger partial charge on any atom is 0.133 e. The summed E-state index contributed by atoms with van der Waals surface area (Å²) in [5.74, 6) is 2.72. The molecule has 3 heteroatoms. The fourth-order valence-corrected chi connectivity index (χ4v) is 7.93.